The summed E-state index contributed by atoms with van der Waals surface area (Å²) >= 11 is 0. The molecular weight excluding hydrogens is 438 g/mol. The smallest absolute Gasteiger partial charge is 0.261 e. The molecule has 8 heteroatoms. The Hall–Kier alpha value is -2.87. The van der Waals surface area contributed by atoms with E-state index in [1.54, 1.807) is 35.2 Å². The van der Waals surface area contributed by atoms with Crippen molar-refractivity contribution in [1.82, 2.24) is 10.2 Å². The lowest BCUT2D eigenvalue weighted by Crippen LogP contribution is -2.47. The van der Waals surface area contributed by atoms with Crippen molar-refractivity contribution in [3.05, 3.63) is 59.7 Å². The van der Waals surface area contributed by atoms with Gasteiger partial charge in [-0.2, -0.15) is 0 Å². The summed E-state index contributed by atoms with van der Waals surface area (Å²) in [6, 6.07) is 12.7. The number of carbonyl (C=O) groups is 2. The highest BCUT2D eigenvalue weighted by Crippen LogP contribution is 2.23. The summed E-state index contributed by atoms with van der Waals surface area (Å²) in [4.78, 5) is 27.4. The maximum atomic E-state index is 13.1. The molecule has 2 aromatic rings. The topological polar surface area (TPSA) is 95.6 Å². The molecule has 2 aromatic carbocycles. The van der Waals surface area contributed by atoms with E-state index >= 15 is 0 Å². The lowest BCUT2D eigenvalue weighted by Gasteiger charge is -2.25. The fourth-order valence-electron chi connectivity index (χ4n) is 4.03. The van der Waals surface area contributed by atoms with Crippen LogP contribution in [0.3, 0.4) is 0 Å². The van der Waals surface area contributed by atoms with Crippen molar-refractivity contribution < 1.29 is 18.0 Å². The molecular formula is C25H33N3O4S. The van der Waals surface area contributed by atoms with Crippen LogP contribution in [0.4, 0.5) is 5.69 Å². The van der Waals surface area contributed by atoms with Crippen molar-refractivity contribution >= 4 is 27.5 Å². The number of nitrogens with one attached hydrogen (secondary N) is 2. The van der Waals surface area contributed by atoms with Gasteiger partial charge in [0.25, 0.3) is 15.9 Å². The summed E-state index contributed by atoms with van der Waals surface area (Å²) in [6.45, 7) is 8.48. The summed E-state index contributed by atoms with van der Waals surface area (Å²) in [5.74, 6) is 0.0432. The van der Waals surface area contributed by atoms with E-state index in [9.17, 15) is 18.0 Å². The molecule has 1 saturated heterocycles. The highest BCUT2D eigenvalue weighted by Gasteiger charge is 2.34. The van der Waals surface area contributed by atoms with Crippen LogP contribution in [0.5, 0.6) is 0 Å². The molecule has 178 valence electrons. The predicted molar refractivity (Wildman–Crippen MR) is 130 cm³/mol. The maximum absolute atomic E-state index is 13.1. The quantitative estimate of drug-likeness (QED) is 0.612. The molecule has 1 atom stereocenters. The number of likely N-dealkylation sites (tertiary alicyclic amines) is 1. The number of carbonyl (C=O) groups excluding carboxylic acids is 2. The van der Waals surface area contributed by atoms with Gasteiger partial charge in [-0.1, -0.05) is 32.0 Å². The summed E-state index contributed by atoms with van der Waals surface area (Å²) in [5.41, 5.74) is 1.72. The lowest BCUT2D eigenvalue weighted by molar-refractivity contribution is -0.125. The Labute approximate surface area is 196 Å². The summed E-state index contributed by atoms with van der Waals surface area (Å²) in [7, 11) is -3.80. The molecule has 2 amide bonds. The minimum absolute atomic E-state index is 0.00720. The Balaban J connectivity index is 1.75. The molecule has 1 heterocycles. The zero-order chi connectivity index (χ0) is 24.2. The van der Waals surface area contributed by atoms with Gasteiger partial charge in [0.2, 0.25) is 5.91 Å². The third-order valence-corrected chi connectivity index (χ3v) is 6.88. The van der Waals surface area contributed by atoms with E-state index in [0.29, 0.717) is 30.1 Å². The molecule has 0 bridgehead atoms. The Morgan fingerprint density at radius 3 is 2.39 bits per heavy atom. The van der Waals surface area contributed by atoms with Crippen molar-refractivity contribution in [3.63, 3.8) is 0 Å². The van der Waals surface area contributed by atoms with Gasteiger partial charge in [-0.05, 0) is 74.9 Å². The van der Waals surface area contributed by atoms with E-state index in [2.05, 4.69) is 23.9 Å². The normalized spacial score (nSPS) is 16.3. The van der Waals surface area contributed by atoms with Crippen LogP contribution in [-0.4, -0.2) is 43.8 Å². The third-order valence-electron chi connectivity index (χ3n) is 5.49. The van der Waals surface area contributed by atoms with Gasteiger partial charge in [-0.15, -0.1) is 0 Å². The van der Waals surface area contributed by atoms with Crippen LogP contribution in [0.2, 0.25) is 0 Å². The molecule has 0 spiro atoms. The van der Waals surface area contributed by atoms with Crippen molar-refractivity contribution in [2.24, 2.45) is 5.92 Å². The Kier molecular flexibility index (Phi) is 7.79. The number of anilines is 1. The number of nitrogens with zero attached hydrogens (tertiary/aromatic N) is 1. The number of hydrogen-bond donors (Lipinski definition) is 2. The van der Waals surface area contributed by atoms with Crippen LogP contribution in [-0.2, 0) is 21.2 Å². The highest BCUT2D eigenvalue weighted by atomic mass is 32.2. The van der Waals surface area contributed by atoms with Crippen LogP contribution < -0.4 is 10.0 Å². The molecule has 1 unspecified atom stereocenters. The van der Waals surface area contributed by atoms with E-state index in [-0.39, 0.29) is 22.8 Å². The molecule has 1 aliphatic heterocycles. The fourth-order valence-corrected chi connectivity index (χ4v) is 5.08. The zero-order valence-corrected chi connectivity index (χ0v) is 20.5. The van der Waals surface area contributed by atoms with Gasteiger partial charge in [0.05, 0.1) is 4.90 Å². The van der Waals surface area contributed by atoms with Gasteiger partial charge in [0.15, 0.2) is 0 Å². The first-order chi connectivity index (χ1) is 15.6. The Morgan fingerprint density at radius 1 is 1.06 bits per heavy atom. The maximum Gasteiger partial charge on any atom is 0.261 e. The molecule has 7 nitrogen and oxygen atoms in total. The van der Waals surface area contributed by atoms with Gasteiger partial charge in [-0.25, -0.2) is 8.42 Å². The summed E-state index contributed by atoms with van der Waals surface area (Å²) < 4.78 is 28.3. The monoisotopic (exact) mass is 471 g/mol. The highest BCUT2D eigenvalue weighted by molar-refractivity contribution is 7.92. The summed E-state index contributed by atoms with van der Waals surface area (Å²) in [6.07, 6.45) is 2.25. The van der Waals surface area contributed by atoms with E-state index in [4.69, 9.17) is 0 Å². The van der Waals surface area contributed by atoms with Gasteiger partial charge in [0.1, 0.15) is 6.04 Å². The fraction of sp³-hybridized carbons (Fsp3) is 0.440. The lowest BCUT2D eigenvalue weighted by atomic mass is 10.0. The third kappa shape index (κ3) is 6.35. The molecule has 0 saturated carbocycles. The first-order valence-corrected chi connectivity index (χ1v) is 12.9. The second-order valence-corrected chi connectivity index (χ2v) is 10.9. The van der Waals surface area contributed by atoms with Crippen molar-refractivity contribution in [1.29, 1.82) is 0 Å². The van der Waals surface area contributed by atoms with Crippen LogP contribution in [0, 0.1) is 5.92 Å². The molecule has 2 N–H and O–H groups in total. The molecule has 1 aliphatic rings. The minimum Gasteiger partial charge on any atom is -0.352 e. The molecule has 3 rings (SSSR count). The van der Waals surface area contributed by atoms with Gasteiger partial charge >= 0.3 is 0 Å². The number of rotatable bonds is 8. The standard InChI is InChI=1S/C25H33N3O4S/c1-17(2)15-19-10-12-22(13-11-19)33(31,32)27-21-8-5-7-20(16-21)25(30)28-14-6-9-23(28)24(29)26-18(3)4/h5,7-8,10-13,16-18,23,27H,6,9,14-15H2,1-4H3,(H,26,29). The molecule has 0 radical (unpaired) electrons. The average Bonchev–Trinajstić information content (AvgIpc) is 3.22. The number of benzene rings is 2. The van der Waals surface area contributed by atoms with Gasteiger partial charge in [-0.3, -0.25) is 14.3 Å². The average molecular weight is 472 g/mol. The Bertz CT molecular complexity index is 1090. The van der Waals surface area contributed by atoms with Gasteiger partial charge < -0.3 is 10.2 Å². The molecule has 1 fully saturated rings. The van der Waals surface area contributed by atoms with E-state index in [1.165, 1.54) is 6.07 Å². The largest absolute Gasteiger partial charge is 0.352 e. The van der Waals surface area contributed by atoms with E-state index in [0.717, 1.165) is 18.4 Å². The zero-order valence-electron chi connectivity index (χ0n) is 19.7. The minimum atomic E-state index is -3.80. The van der Waals surface area contributed by atoms with Crippen LogP contribution >= 0.6 is 0 Å². The molecule has 33 heavy (non-hydrogen) atoms. The molecule has 0 aliphatic carbocycles. The SMILES string of the molecule is CC(C)Cc1ccc(S(=O)(=O)Nc2cccc(C(=O)N3CCCC3C(=O)NC(C)C)c2)cc1. The van der Waals surface area contributed by atoms with Crippen LogP contribution in [0.1, 0.15) is 56.5 Å². The number of amides is 2. The molecule has 0 aromatic heterocycles. The second-order valence-electron chi connectivity index (χ2n) is 9.25. The predicted octanol–water partition coefficient (Wildman–Crippen LogP) is 3.82. The first kappa shape index (κ1) is 24.8. The number of hydrogen-bond acceptors (Lipinski definition) is 4. The van der Waals surface area contributed by atoms with Crippen molar-refractivity contribution in [3.8, 4) is 0 Å². The Morgan fingerprint density at radius 2 is 1.76 bits per heavy atom. The van der Waals surface area contributed by atoms with E-state index in [1.807, 2.05) is 26.0 Å². The number of sulfonamides is 1. The van der Waals surface area contributed by atoms with Crippen LogP contribution in [0.15, 0.2) is 53.4 Å². The summed E-state index contributed by atoms with van der Waals surface area (Å²) in [5, 5.41) is 2.87. The van der Waals surface area contributed by atoms with Crippen molar-refractivity contribution in [2.45, 2.75) is 63.9 Å². The second kappa shape index (κ2) is 10.4. The van der Waals surface area contributed by atoms with Crippen LogP contribution in [0.25, 0.3) is 0 Å². The van der Waals surface area contributed by atoms with Crippen molar-refractivity contribution in [2.75, 3.05) is 11.3 Å². The first-order valence-electron chi connectivity index (χ1n) is 11.4. The van der Waals surface area contributed by atoms with E-state index < -0.39 is 16.1 Å². The van der Waals surface area contributed by atoms with Gasteiger partial charge in [0, 0.05) is 23.8 Å².